The van der Waals surface area contributed by atoms with E-state index in [-0.39, 0.29) is 11.3 Å². The Morgan fingerprint density at radius 2 is 1.85 bits per heavy atom. The highest BCUT2D eigenvalue weighted by molar-refractivity contribution is 9.10. The molecule has 0 radical (unpaired) electrons. The number of halogens is 1. The van der Waals surface area contributed by atoms with E-state index in [0.717, 1.165) is 10.2 Å². The molecule has 2 aromatic rings. The summed E-state index contributed by atoms with van der Waals surface area (Å²) < 4.78 is 12.0. The van der Waals surface area contributed by atoms with Gasteiger partial charge in [-0.1, -0.05) is 39.0 Å². The van der Waals surface area contributed by atoms with Crippen LogP contribution in [0.25, 0.3) is 0 Å². The van der Waals surface area contributed by atoms with Crippen molar-refractivity contribution in [3.05, 3.63) is 52.5 Å². The summed E-state index contributed by atoms with van der Waals surface area (Å²) in [5, 5.41) is 2.87. The highest BCUT2D eigenvalue weighted by Gasteiger charge is 2.15. The molecule has 1 amide bonds. The summed E-state index contributed by atoms with van der Waals surface area (Å²) in [5.41, 5.74) is 2.02. The van der Waals surface area contributed by atoms with Crippen LogP contribution in [0, 0.1) is 0 Å². The van der Waals surface area contributed by atoms with E-state index in [9.17, 15) is 4.79 Å². The van der Waals surface area contributed by atoms with Crippen LogP contribution in [0.2, 0.25) is 0 Å². The number of rotatable bonds is 7. The number of hydrogen-bond donors (Lipinski definition) is 1. The van der Waals surface area contributed by atoms with Crippen LogP contribution in [-0.4, -0.2) is 19.6 Å². The average molecular weight is 420 g/mol. The minimum atomic E-state index is -0.0553. The first-order valence-electron chi connectivity index (χ1n) is 8.67. The average Bonchev–Trinajstić information content (AvgIpc) is 2.59. The van der Waals surface area contributed by atoms with E-state index in [1.807, 2.05) is 30.3 Å². The van der Waals surface area contributed by atoms with Crippen molar-refractivity contribution < 1.29 is 14.3 Å². The summed E-state index contributed by atoms with van der Waals surface area (Å²) in [6.07, 6.45) is 1.02. The Labute approximate surface area is 164 Å². The second-order valence-corrected chi connectivity index (χ2v) is 7.95. The van der Waals surface area contributed by atoms with Gasteiger partial charge in [0, 0.05) is 6.42 Å². The number of carbonyl (C=O) groups is 1. The van der Waals surface area contributed by atoms with Crippen LogP contribution < -0.4 is 14.8 Å². The largest absolute Gasteiger partial charge is 0.495 e. The molecule has 0 atom stereocenters. The van der Waals surface area contributed by atoms with Crippen molar-refractivity contribution in [3.8, 4) is 11.5 Å². The topological polar surface area (TPSA) is 47.6 Å². The molecule has 0 fully saturated rings. The molecule has 140 valence electrons. The van der Waals surface area contributed by atoms with Gasteiger partial charge in [0.15, 0.2) is 0 Å². The van der Waals surface area contributed by atoms with Crippen molar-refractivity contribution >= 4 is 27.5 Å². The van der Waals surface area contributed by atoms with Crippen LogP contribution in [0.5, 0.6) is 11.5 Å². The molecule has 0 spiro atoms. The lowest BCUT2D eigenvalue weighted by Gasteiger charge is -2.20. The van der Waals surface area contributed by atoms with Crippen molar-refractivity contribution in [1.29, 1.82) is 0 Å². The first-order chi connectivity index (χ1) is 12.3. The van der Waals surface area contributed by atoms with Gasteiger partial charge in [0.2, 0.25) is 5.91 Å². The van der Waals surface area contributed by atoms with Gasteiger partial charge in [-0.3, -0.25) is 4.79 Å². The van der Waals surface area contributed by atoms with Crippen LogP contribution >= 0.6 is 15.9 Å². The fraction of sp³-hybridized carbons (Fsp3) is 0.381. The maximum absolute atomic E-state index is 12.1. The highest BCUT2D eigenvalue weighted by atomic mass is 79.9. The van der Waals surface area contributed by atoms with E-state index in [1.54, 1.807) is 7.11 Å². The summed E-state index contributed by atoms with van der Waals surface area (Å²) >= 11 is 3.56. The van der Waals surface area contributed by atoms with Gasteiger partial charge in [-0.25, -0.2) is 0 Å². The zero-order valence-electron chi connectivity index (χ0n) is 15.8. The van der Waals surface area contributed by atoms with Gasteiger partial charge in [-0.2, -0.15) is 0 Å². The van der Waals surface area contributed by atoms with Gasteiger partial charge >= 0.3 is 0 Å². The van der Waals surface area contributed by atoms with Gasteiger partial charge in [0.05, 0.1) is 23.9 Å². The van der Waals surface area contributed by atoms with Gasteiger partial charge < -0.3 is 14.8 Å². The van der Waals surface area contributed by atoms with Gasteiger partial charge in [0.1, 0.15) is 11.5 Å². The molecule has 5 heteroatoms. The van der Waals surface area contributed by atoms with Crippen LogP contribution in [0.15, 0.2) is 46.9 Å². The van der Waals surface area contributed by atoms with E-state index in [0.29, 0.717) is 30.9 Å². The highest BCUT2D eigenvalue weighted by Crippen LogP contribution is 2.31. The Kier molecular flexibility index (Phi) is 7.09. The lowest BCUT2D eigenvalue weighted by atomic mass is 9.87. The summed E-state index contributed by atoms with van der Waals surface area (Å²) in [6.45, 7) is 7.01. The van der Waals surface area contributed by atoms with Crippen molar-refractivity contribution in [1.82, 2.24) is 0 Å². The maximum atomic E-state index is 12.1. The maximum Gasteiger partial charge on any atom is 0.224 e. The molecule has 0 saturated carbocycles. The number of methoxy groups -OCH3 is 1. The molecule has 26 heavy (non-hydrogen) atoms. The Bertz CT molecular complexity index is 753. The van der Waals surface area contributed by atoms with Crippen LogP contribution in [-0.2, 0) is 10.2 Å². The second kappa shape index (κ2) is 9.08. The first-order valence-corrected chi connectivity index (χ1v) is 9.46. The summed E-state index contributed by atoms with van der Waals surface area (Å²) in [4.78, 5) is 12.1. The number of hydrogen-bond acceptors (Lipinski definition) is 3. The quantitative estimate of drug-likeness (QED) is 0.598. The molecular weight excluding hydrogens is 394 g/mol. The van der Waals surface area contributed by atoms with Crippen molar-refractivity contribution in [2.75, 3.05) is 19.0 Å². The van der Waals surface area contributed by atoms with E-state index in [4.69, 9.17) is 9.47 Å². The SMILES string of the molecule is COc1ccccc1NC(=O)CCCOc1ccc(C(C)(C)C)cc1Br. The Morgan fingerprint density at radius 1 is 1.12 bits per heavy atom. The van der Waals surface area contributed by atoms with Crippen molar-refractivity contribution in [3.63, 3.8) is 0 Å². The molecule has 2 aromatic carbocycles. The molecular formula is C21H26BrNO3. The number of nitrogens with one attached hydrogen (secondary N) is 1. The number of para-hydroxylation sites is 2. The molecule has 1 N–H and O–H groups in total. The Morgan fingerprint density at radius 3 is 2.50 bits per heavy atom. The minimum Gasteiger partial charge on any atom is -0.495 e. The number of ether oxygens (including phenoxy) is 2. The summed E-state index contributed by atoms with van der Waals surface area (Å²) in [5.74, 6) is 1.39. The third kappa shape index (κ3) is 5.77. The van der Waals surface area contributed by atoms with E-state index < -0.39 is 0 Å². The van der Waals surface area contributed by atoms with Crippen molar-refractivity contribution in [2.45, 2.75) is 39.0 Å². The number of benzene rings is 2. The number of anilines is 1. The van der Waals surface area contributed by atoms with Gasteiger partial charge in [-0.05, 0) is 57.6 Å². The third-order valence-electron chi connectivity index (χ3n) is 3.98. The van der Waals surface area contributed by atoms with E-state index in [1.165, 1.54) is 5.56 Å². The molecule has 0 bridgehead atoms. The molecule has 0 unspecified atom stereocenters. The third-order valence-corrected chi connectivity index (χ3v) is 4.60. The van der Waals surface area contributed by atoms with Crippen LogP contribution in [0.3, 0.4) is 0 Å². The minimum absolute atomic E-state index is 0.0553. The zero-order chi connectivity index (χ0) is 19.2. The molecule has 0 saturated heterocycles. The van der Waals surface area contributed by atoms with Crippen LogP contribution in [0.1, 0.15) is 39.2 Å². The second-order valence-electron chi connectivity index (χ2n) is 7.10. The van der Waals surface area contributed by atoms with Crippen LogP contribution in [0.4, 0.5) is 5.69 Å². The lowest BCUT2D eigenvalue weighted by molar-refractivity contribution is -0.116. The normalized spacial score (nSPS) is 11.1. The van der Waals surface area contributed by atoms with E-state index in [2.05, 4.69) is 54.2 Å². The molecule has 0 aliphatic rings. The standard InChI is InChI=1S/C21H26BrNO3/c1-21(2,3)15-11-12-18(16(22)14-15)26-13-7-10-20(24)23-17-8-5-6-9-19(17)25-4/h5-6,8-9,11-12,14H,7,10,13H2,1-4H3,(H,23,24). The molecule has 0 aliphatic carbocycles. The Balaban J connectivity index is 1.81. The molecule has 2 rings (SSSR count). The molecule has 4 nitrogen and oxygen atoms in total. The van der Waals surface area contributed by atoms with Gasteiger partial charge in [-0.15, -0.1) is 0 Å². The Hall–Kier alpha value is -2.01. The molecule has 0 heterocycles. The summed E-state index contributed by atoms with van der Waals surface area (Å²) in [7, 11) is 1.58. The van der Waals surface area contributed by atoms with Crippen molar-refractivity contribution in [2.24, 2.45) is 0 Å². The monoisotopic (exact) mass is 419 g/mol. The predicted molar refractivity (Wildman–Crippen MR) is 109 cm³/mol. The number of amides is 1. The smallest absolute Gasteiger partial charge is 0.224 e. The molecule has 0 aliphatic heterocycles. The fourth-order valence-electron chi connectivity index (χ4n) is 2.46. The lowest BCUT2D eigenvalue weighted by Crippen LogP contribution is -2.13. The van der Waals surface area contributed by atoms with Gasteiger partial charge in [0.25, 0.3) is 0 Å². The predicted octanol–water partition coefficient (Wildman–Crippen LogP) is 5.55. The zero-order valence-corrected chi connectivity index (χ0v) is 17.4. The first kappa shape index (κ1) is 20.3. The van der Waals surface area contributed by atoms with E-state index >= 15 is 0 Å². The number of carbonyl (C=O) groups excluding carboxylic acids is 1. The molecule has 0 aromatic heterocycles. The summed E-state index contributed by atoms with van der Waals surface area (Å²) in [6, 6.07) is 13.5. The fourth-order valence-corrected chi connectivity index (χ4v) is 2.95.